The molecule has 2 saturated heterocycles. The summed E-state index contributed by atoms with van der Waals surface area (Å²) in [7, 11) is 0. The molecule has 0 radical (unpaired) electrons. The summed E-state index contributed by atoms with van der Waals surface area (Å²) in [5.41, 5.74) is -0.146. The average molecular weight is 535 g/mol. The normalized spacial score (nSPS) is 24.5. The second-order valence-corrected chi connectivity index (χ2v) is 12.4. The lowest BCUT2D eigenvalue weighted by molar-refractivity contribution is -0.146. The second kappa shape index (κ2) is 8.43. The number of nitriles is 1. The Morgan fingerprint density at radius 3 is 2.47 bits per heavy atom. The van der Waals surface area contributed by atoms with Gasteiger partial charge in [0.1, 0.15) is 4.88 Å². The molecule has 2 unspecified atom stereocenters. The van der Waals surface area contributed by atoms with Crippen molar-refractivity contribution in [1.29, 1.82) is 5.26 Å². The minimum atomic E-state index is -2.07. The van der Waals surface area contributed by atoms with Crippen molar-refractivity contribution in [1.82, 2.24) is 25.0 Å². The summed E-state index contributed by atoms with van der Waals surface area (Å²) in [6.07, 6.45) is 2.43. The Balaban J connectivity index is 1.27. The second-order valence-electron chi connectivity index (χ2n) is 11.5. The topological polar surface area (TPSA) is 116 Å². The highest BCUT2D eigenvalue weighted by Gasteiger charge is 2.61. The minimum absolute atomic E-state index is 0.0293. The molecule has 0 N–H and O–H groups in total. The molecule has 38 heavy (non-hydrogen) atoms. The first kappa shape index (κ1) is 24.7. The largest absolute Gasteiger partial charge is 0.421 e. The molecule has 3 aliphatic rings. The molecule has 1 aliphatic carbocycles. The number of aromatic nitrogens is 3. The lowest BCUT2D eigenvalue weighted by Gasteiger charge is -2.50. The predicted octanol–water partition coefficient (Wildman–Crippen LogP) is 3.75. The van der Waals surface area contributed by atoms with E-state index in [1.165, 1.54) is 30.4 Å². The third kappa shape index (κ3) is 3.89. The molecular weight excluding hydrogens is 507 g/mol. The zero-order valence-electron chi connectivity index (χ0n) is 21.3. The van der Waals surface area contributed by atoms with Crippen LogP contribution in [-0.4, -0.2) is 63.0 Å². The van der Waals surface area contributed by atoms with Gasteiger partial charge in [0.2, 0.25) is 17.5 Å². The Hall–Kier alpha value is -3.65. The standard InChI is InChI=1S/C27H27FN6O3S/c1-25(2)8-18(25)22(35)34-13-27(14-34)12-33(23(36)20-10-30-15-38-20)11-19(27)21-31-32-24(37-21)26(3,28)17-6-4-16(9-29)5-7-17/h4-7,10,15,18-19H,8,11-14H2,1-3H3/t18-,19?,26?/m1/s1. The number of hydrogen-bond donors (Lipinski definition) is 0. The first-order valence-electron chi connectivity index (χ1n) is 12.5. The summed E-state index contributed by atoms with van der Waals surface area (Å²) < 4.78 is 21.9. The van der Waals surface area contributed by atoms with Gasteiger partial charge in [0.05, 0.1) is 29.3 Å². The van der Waals surface area contributed by atoms with Crippen molar-refractivity contribution >= 4 is 23.2 Å². The van der Waals surface area contributed by atoms with E-state index in [0.29, 0.717) is 42.2 Å². The zero-order chi connectivity index (χ0) is 26.9. The van der Waals surface area contributed by atoms with Gasteiger partial charge in [-0.1, -0.05) is 26.0 Å². The number of thiazole rings is 1. The van der Waals surface area contributed by atoms with E-state index in [0.717, 1.165) is 6.42 Å². The number of carbonyl (C=O) groups is 2. The van der Waals surface area contributed by atoms with Crippen LogP contribution in [0.4, 0.5) is 4.39 Å². The summed E-state index contributed by atoms with van der Waals surface area (Å²) in [5.74, 6) is -0.217. The van der Waals surface area contributed by atoms with Crippen LogP contribution in [0.1, 0.15) is 65.7 Å². The first-order valence-corrected chi connectivity index (χ1v) is 13.4. The Morgan fingerprint density at radius 1 is 1.18 bits per heavy atom. The molecule has 2 aliphatic heterocycles. The SMILES string of the molecule is CC(F)(c1ccc(C#N)cc1)c1nnc(C2CN(C(=O)c3cncs3)CC23CN(C(=O)[C@H]2CC2(C)C)C3)o1. The van der Waals surface area contributed by atoms with Crippen LogP contribution < -0.4 is 0 Å². The number of halogens is 1. The van der Waals surface area contributed by atoms with Crippen molar-refractivity contribution in [2.45, 2.75) is 38.8 Å². The molecule has 4 heterocycles. The van der Waals surface area contributed by atoms with Gasteiger partial charge in [0.15, 0.2) is 0 Å². The van der Waals surface area contributed by atoms with Gasteiger partial charge in [0.25, 0.3) is 11.8 Å². The molecule has 0 bridgehead atoms. The van der Waals surface area contributed by atoms with E-state index in [1.54, 1.807) is 28.7 Å². The molecule has 1 aromatic carbocycles. The molecule has 9 nitrogen and oxygen atoms in total. The van der Waals surface area contributed by atoms with E-state index in [2.05, 4.69) is 29.0 Å². The van der Waals surface area contributed by atoms with Crippen LogP contribution in [0.15, 0.2) is 40.4 Å². The number of nitrogens with zero attached hydrogens (tertiary/aromatic N) is 6. The van der Waals surface area contributed by atoms with Gasteiger partial charge in [-0.15, -0.1) is 21.5 Å². The number of amides is 2. The van der Waals surface area contributed by atoms with E-state index in [1.807, 2.05) is 11.0 Å². The summed E-state index contributed by atoms with van der Waals surface area (Å²) >= 11 is 1.28. The number of rotatable bonds is 5. The number of hydrogen-bond acceptors (Lipinski definition) is 8. The van der Waals surface area contributed by atoms with Crippen molar-refractivity contribution in [3.8, 4) is 6.07 Å². The molecule has 1 spiro atoms. The van der Waals surface area contributed by atoms with Crippen LogP contribution in [0.5, 0.6) is 0 Å². The van der Waals surface area contributed by atoms with Gasteiger partial charge in [-0.25, -0.2) is 4.39 Å². The van der Waals surface area contributed by atoms with Gasteiger partial charge < -0.3 is 14.2 Å². The lowest BCUT2D eigenvalue weighted by atomic mass is 9.71. The summed E-state index contributed by atoms with van der Waals surface area (Å²) in [4.78, 5) is 34.4. The number of carbonyl (C=O) groups excluding carboxylic acids is 2. The fourth-order valence-corrected chi connectivity index (χ4v) is 6.37. The highest BCUT2D eigenvalue weighted by atomic mass is 32.1. The molecule has 2 amide bonds. The Labute approximate surface area is 223 Å². The maximum Gasteiger partial charge on any atom is 0.265 e. The van der Waals surface area contributed by atoms with E-state index >= 15 is 4.39 Å². The van der Waals surface area contributed by atoms with Crippen LogP contribution in [0.3, 0.4) is 0 Å². The molecule has 1 saturated carbocycles. The molecule has 3 atom stereocenters. The van der Waals surface area contributed by atoms with Crippen molar-refractivity contribution in [2.24, 2.45) is 16.7 Å². The van der Waals surface area contributed by atoms with Crippen molar-refractivity contribution in [3.63, 3.8) is 0 Å². The van der Waals surface area contributed by atoms with E-state index < -0.39 is 11.1 Å². The van der Waals surface area contributed by atoms with E-state index in [4.69, 9.17) is 9.68 Å². The molecule has 11 heteroatoms. The summed E-state index contributed by atoms with van der Waals surface area (Å²) in [6.45, 7) is 7.27. The third-order valence-corrected chi connectivity index (χ3v) is 9.17. The quantitative estimate of drug-likeness (QED) is 0.490. The van der Waals surface area contributed by atoms with Crippen molar-refractivity contribution < 1.29 is 18.4 Å². The highest BCUT2D eigenvalue weighted by Crippen LogP contribution is 2.56. The molecule has 196 valence electrons. The monoisotopic (exact) mass is 534 g/mol. The summed E-state index contributed by atoms with van der Waals surface area (Å²) in [6, 6.07) is 8.17. The zero-order valence-corrected chi connectivity index (χ0v) is 22.2. The predicted molar refractivity (Wildman–Crippen MR) is 135 cm³/mol. The van der Waals surface area contributed by atoms with Gasteiger partial charge in [-0.2, -0.15) is 5.26 Å². The molecular formula is C27H27FN6O3S. The smallest absolute Gasteiger partial charge is 0.265 e. The van der Waals surface area contributed by atoms with Crippen LogP contribution in [-0.2, 0) is 10.5 Å². The van der Waals surface area contributed by atoms with Crippen molar-refractivity contribution in [3.05, 3.63) is 63.8 Å². The van der Waals surface area contributed by atoms with E-state index in [9.17, 15) is 9.59 Å². The van der Waals surface area contributed by atoms with Crippen LogP contribution in [0, 0.1) is 28.1 Å². The number of likely N-dealkylation sites (tertiary alicyclic amines) is 2. The third-order valence-electron chi connectivity index (χ3n) is 8.41. The molecule has 2 aromatic heterocycles. The minimum Gasteiger partial charge on any atom is -0.421 e. The van der Waals surface area contributed by atoms with Gasteiger partial charge in [-0.05, 0) is 36.5 Å². The first-order chi connectivity index (χ1) is 18.0. The molecule has 3 fully saturated rings. The van der Waals surface area contributed by atoms with Crippen LogP contribution >= 0.6 is 11.3 Å². The Bertz CT molecular complexity index is 1440. The van der Waals surface area contributed by atoms with E-state index in [-0.39, 0.29) is 40.8 Å². The number of alkyl halides is 1. The maximum atomic E-state index is 15.9. The Kier molecular flexibility index (Phi) is 5.47. The fraction of sp³-hybridized carbons (Fsp3) is 0.481. The van der Waals surface area contributed by atoms with Crippen molar-refractivity contribution in [2.75, 3.05) is 26.2 Å². The Morgan fingerprint density at radius 2 is 1.87 bits per heavy atom. The van der Waals surface area contributed by atoms with Gasteiger partial charge in [-0.3, -0.25) is 14.6 Å². The average Bonchev–Trinajstić information content (AvgIpc) is 3.41. The van der Waals surface area contributed by atoms with Gasteiger partial charge >= 0.3 is 0 Å². The molecule has 3 aromatic rings. The lowest BCUT2D eigenvalue weighted by Crippen LogP contribution is -2.62. The molecule has 6 rings (SSSR count). The number of benzene rings is 1. The van der Waals surface area contributed by atoms with Gasteiger partial charge in [0, 0.05) is 37.5 Å². The van der Waals surface area contributed by atoms with Crippen LogP contribution in [0.2, 0.25) is 0 Å². The fourth-order valence-electron chi connectivity index (χ4n) is 5.79. The van der Waals surface area contributed by atoms with Crippen LogP contribution in [0.25, 0.3) is 0 Å². The summed E-state index contributed by atoms with van der Waals surface area (Å²) in [5, 5.41) is 17.3. The maximum absolute atomic E-state index is 15.9. The highest BCUT2D eigenvalue weighted by molar-refractivity contribution is 7.11.